The molecule has 2 rings (SSSR count). The van der Waals surface area contributed by atoms with Gasteiger partial charge in [-0.2, -0.15) is 0 Å². The minimum Gasteiger partial charge on any atom is -0.478 e. The van der Waals surface area contributed by atoms with Crippen LogP contribution < -0.4 is 5.32 Å². The van der Waals surface area contributed by atoms with Crippen molar-refractivity contribution in [3.05, 3.63) is 54.0 Å². The van der Waals surface area contributed by atoms with Crippen LogP contribution in [0.25, 0.3) is 0 Å². The van der Waals surface area contributed by atoms with Crippen LogP contribution in [0, 0.1) is 5.82 Å². The summed E-state index contributed by atoms with van der Waals surface area (Å²) < 4.78 is 12.7. The minimum absolute atomic E-state index is 0.120. The van der Waals surface area contributed by atoms with Gasteiger partial charge in [-0.15, -0.1) is 0 Å². The van der Waals surface area contributed by atoms with Crippen molar-refractivity contribution in [3.63, 3.8) is 0 Å². The van der Waals surface area contributed by atoms with Crippen LogP contribution in [-0.4, -0.2) is 16.1 Å². The zero-order chi connectivity index (χ0) is 12.3. The summed E-state index contributed by atoms with van der Waals surface area (Å²) in [7, 11) is 0. The van der Waals surface area contributed by atoms with Gasteiger partial charge in [-0.25, -0.2) is 14.2 Å². The van der Waals surface area contributed by atoms with Gasteiger partial charge in [-0.3, -0.25) is 0 Å². The number of aromatic nitrogens is 1. The first-order valence-corrected chi connectivity index (χ1v) is 4.87. The number of carboxylic acids is 1. The van der Waals surface area contributed by atoms with Crippen LogP contribution in [0.4, 0.5) is 15.9 Å². The van der Waals surface area contributed by atoms with Crippen LogP contribution in [0.15, 0.2) is 42.6 Å². The lowest BCUT2D eigenvalue weighted by atomic mass is 10.3. The standard InChI is InChI=1S/C12H9FN2O2/c13-9-2-4-10(5-3-9)15-11-6-1-8(7-14-11)12(16)17/h1-7H,(H,14,15)(H,16,17). The second kappa shape index (κ2) is 4.61. The number of aromatic carboxylic acids is 1. The first-order chi connectivity index (χ1) is 8.15. The highest BCUT2D eigenvalue weighted by Crippen LogP contribution is 2.14. The van der Waals surface area contributed by atoms with E-state index in [9.17, 15) is 9.18 Å². The van der Waals surface area contributed by atoms with Gasteiger partial charge >= 0.3 is 5.97 Å². The number of hydrogen-bond donors (Lipinski definition) is 2. The van der Waals surface area contributed by atoms with Crippen molar-refractivity contribution in [2.24, 2.45) is 0 Å². The van der Waals surface area contributed by atoms with Crippen molar-refractivity contribution >= 4 is 17.5 Å². The Balaban J connectivity index is 2.13. The van der Waals surface area contributed by atoms with Crippen molar-refractivity contribution in [2.75, 3.05) is 5.32 Å². The largest absolute Gasteiger partial charge is 0.478 e. The Labute approximate surface area is 96.7 Å². The van der Waals surface area contributed by atoms with E-state index in [0.717, 1.165) is 0 Å². The zero-order valence-electron chi connectivity index (χ0n) is 8.72. The zero-order valence-corrected chi connectivity index (χ0v) is 8.72. The van der Waals surface area contributed by atoms with Gasteiger partial charge in [0.25, 0.3) is 0 Å². The molecule has 0 bridgehead atoms. The van der Waals surface area contributed by atoms with Crippen LogP contribution in [-0.2, 0) is 0 Å². The fraction of sp³-hybridized carbons (Fsp3) is 0. The van der Waals surface area contributed by atoms with Crippen molar-refractivity contribution in [1.82, 2.24) is 4.98 Å². The molecular formula is C12H9FN2O2. The molecule has 0 aliphatic heterocycles. The molecule has 0 amide bonds. The number of hydrogen-bond acceptors (Lipinski definition) is 3. The summed E-state index contributed by atoms with van der Waals surface area (Å²) in [5.41, 5.74) is 0.802. The highest BCUT2D eigenvalue weighted by atomic mass is 19.1. The van der Waals surface area contributed by atoms with Crippen LogP contribution in [0.1, 0.15) is 10.4 Å². The van der Waals surface area contributed by atoms with Crippen molar-refractivity contribution < 1.29 is 14.3 Å². The van der Waals surface area contributed by atoms with Gasteiger partial charge in [0.15, 0.2) is 0 Å². The number of nitrogens with zero attached hydrogens (tertiary/aromatic N) is 1. The van der Waals surface area contributed by atoms with Gasteiger partial charge < -0.3 is 10.4 Å². The van der Waals surface area contributed by atoms with E-state index in [-0.39, 0.29) is 11.4 Å². The Kier molecular flexibility index (Phi) is 3.00. The molecule has 0 spiro atoms. The molecule has 4 nitrogen and oxygen atoms in total. The molecule has 2 aromatic rings. The van der Waals surface area contributed by atoms with E-state index < -0.39 is 5.97 Å². The monoisotopic (exact) mass is 232 g/mol. The molecule has 0 fully saturated rings. The number of carbonyl (C=O) groups is 1. The lowest BCUT2D eigenvalue weighted by Crippen LogP contribution is -1.99. The van der Waals surface area contributed by atoms with Gasteiger partial charge in [0, 0.05) is 11.9 Å². The molecule has 1 heterocycles. The maximum atomic E-state index is 12.7. The molecule has 0 aliphatic carbocycles. The number of benzene rings is 1. The Morgan fingerprint density at radius 1 is 1.18 bits per heavy atom. The van der Waals surface area contributed by atoms with Crippen LogP contribution in [0.2, 0.25) is 0 Å². The second-order valence-electron chi connectivity index (χ2n) is 3.37. The molecule has 0 atom stereocenters. The number of rotatable bonds is 3. The molecule has 17 heavy (non-hydrogen) atoms. The van der Waals surface area contributed by atoms with E-state index in [1.165, 1.54) is 24.4 Å². The molecular weight excluding hydrogens is 223 g/mol. The topological polar surface area (TPSA) is 62.2 Å². The van der Waals surface area contributed by atoms with Gasteiger partial charge in [-0.05, 0) is 36.4 Å². The van der Waals surface area contributed by atoms with Gasteiger partial charge in [0.2, 0.25) is 0 Å². The number of halogens is 1. The number of anilines is 2. The Morgan fingerprint density at radius 2 is 1.88 bits per heavy atom. The average molecular weight is 232 g/mol. The Morgan fingerprint density at radius 3 is 2.41 bits per heavy atom. The molecule has 1 aromatic carbocycles. The summed E-state index contributed by atoms with van der Waals surface area (Å²) in [6.45, 7) is 0. The first-order valence-electron chi connectivity index (χ1n) is 4.87. The van der Waals surface area contributed by atoms with E-state index in [2.05, 4.69) is 10.3 Å². The Hall–Kier alpha value is -2.43. The van der Waals surface area contributed by atoms with Crippen LogP contribution in [0.3, 0.4) is 0 Å². The van der Waals surface area contributed by atoms with Crippen LogP contribution >= 0.6 is 0 Å². The third-order valence-corrected chi connectivity index (χ3v) is 2.13. The highest BCUT2D eigenvalue weighted by molar-refractivity contribution is 5.87. The number of carboxylic acid groups (broad SMARTS) is 1. The summed E-state index contributed by atoms with van der Waals surface area (Å²) in [5, 5.41) is 11.6. The number of pyridine rings is 1. The second-order valence-corrected chi connectivity index (χ2v) is 3.37. The molecule has 0 radical (unpaired) electrons. The fourth-order valence-corrected chi connectivity index (χ4v) is 1.28. The van der Waals surface area contributed by atoms with Crippen LogP contribution in [0.5, 0.6) is 0 Å². The normalized spacial score (nSPS) is 9.94. The SMILES string of the molecule is O=C(O)c1ccc(Nc2ccc(F)cc2)nc1. The molecule has 0 aliphatic rings. The molecule has 5 heteroatoms. The maximum Gasteiger partial charge on any atom is 0.337 e. The molecule has 86 valence electrons. The summed E-state index contributed by atoms with van der Waals surface area (Å²) in [6, 6.07) is 8.79. The average Bonchev–Trinajstić information content (AvgIpc) is 2.33. The van der Waals surface area contributed by atoms with E-state index in [0.29, 0.717) is 11.5 Å². The molecule has 0 saturated heterocycles. The summed E-state index contributed by atoms with van der Waals surface area (Å²) >= 11 is 0. The predicted octanol–water partition coefficient (Wildman–Crippen LogP) is 2.66. The summed E-state index contributed by atoms with van der Waals surface area (Å²) in [4.78, 5) is 14.5. The summed E-state index contributed by atoms with van der Waals surface area (Å²) in [6.07, 6.45) is 1.26. The summed E-state index contributed by atoms with van der Waals surface area (Å²) in [5.74, 6) is -0.836. The highest BCUT2D eigenvalue weighted by Gasteiger charge is 2.02. The maximum absolute atomic E-state index is 12.7. The van der Waals surface area contributed by atoms with E-state index in [1.54, 1.807) is 18.2 Å². The lowest BCUT2D eigenvalue weighted by molar-refractivity contribution is 0.0696. The third-order valence-electron chi connectivity index (χ3n) is 2.13. The lowest BCUT2D eigenvalue weighted by Gasteiger charge is -2.05. The smallest absolute Gasteiger partial charge is 0.337 e. The number of nitrogens with one attached hydrogen (secondary N) is 1. The third kappa shape index (κ3) is 2.78. The van der Waals surface area contributed by atoms with Crippen molar-refractivity contribution in [1.29, 1.82) is 0 Å². The fourth-order valence-electron chi connectivity index (χ4n) is 1.28. The van der Waals surface area contributed by atoms with Gasteiger partial charge in [-0.1, -0.05) is 0 Å². The van der Waals surface area contributed by atoms with Crippen molar-refractivity contribution in [2.45, 2.75) is 0 Å². The minimum atomic E-state index is -1.02. The van der Waals surface area contributed by atoms with Gasteiger partial charge in [0.1, 0.15) is 11.6 Å². The first kappa shape index (κ1) is 11.1. The molecule has 0 saturated carbocycles. The van der Waals surface area contributed by atoms with Crippen molar-refractivity contribution in [3.8, 4) is 0 Å². The Bertz CT molecular complexity index is 523. The predicted molar refractivity (Wildman–Crippen MR) is 60.9 cm³/mol. The van der Waals surface area contributed by atoms with Gasteiger partial charge in [0.05, 0.1) is 5.56 Å². The van der Waals surface area contributed by atoms with E-state index in [4.69, 9.17) is 5.11 Å². The van der Waals surface area contributed by atoms with E-state index in [1.807, 2.05) is 0 Å². The molecule has 1 aromatic heterocycles. The quantitative estimate of drug-likeness (QED) is 0.853. The van der Waals surface area contributed by atoms with E-state index >= 15 is 0 Å². The molecule has 0 unspecified atom stereocenters. The molecule has 2 N–H and O–H groups in total.